The van der Waals surface area contributed by atoms with E-state index in [0.717, 1.165) is 18.2 Å². The first-order chi connectivity index (χ1) is 8.97. The lowest BCUT2D eigenvalue weighted by molar-refractivity contribution is 0.571. The molecule has 1 N–H and O–H groups in total. The van der Waals surface area contributed by atoms with Crippen molar-refractivity contribution in [2.45, 2.75) is 11.4 Å². The second kappa shape index (κ2) is 5.46. The number of rotatable bonds is 4. The van der Waals surface area contributed by atoms with Crippen molar-refractivity contribution >= 4 is 10.0 Å². The summed E-state index contributed by atoms with van der Waals surface area (Å²) in [5.41, 5.74) is 0.219. The van der Waals surface area contributed by atoms with Crippen molar-refractivity contribution in [2.75, 3.05) is 0 Å². The van der Waals surface area contributed by atoms with Crippen LogP contribution in [0.4, 0.5) is 8.78 Å². The molecule has 19 heavy (non-hydrogen) atoms. The summed E-state index contributed by atoms with van der Waals surface area (Å²) >= 11 is 0. The average molecular weight is 283 g/mol. The Morgan fingerprint density at radius 2 is 1.53 bits per heavy atom. The van der Waals surface area contributed by atoms with Gasteiger partial charge in [0.25, 0.3) is 0 Å². The van der Waals surface area contributed by atoms with Gasteiger partial charge in [0.05, 0.1) is 4.90 Å². The van der Waals surface area contributed by atoms with Gasteiger partial charge >= 0.3 is 0 Å². The summed E-state index contributed by atoms with van der Waals surface area (Å²) in [5, 5.41) is 0. The van der Waals surface area contributed by atoms with E-state index in [2.05, 4.69) is 4.72 Å². The number of hydrogen-bond donors (Lipinski definition) is 1. The molecular formula is C13H11F2NO2S. The predicted molar refractivity (Wildman–Crippen MR) is 66.8 cm³/mol. The second-order valence-electron chi connectivity index (χ2n) is 3.92. The second-order valence-corrected chi connectivity index (χ2v) is 5.68. The van der Waals surface area contributed by atoms with Crippen LogP contribution >= 0.6 is 0 Å². The van der Waals surface area contributed by atoms with Crippen LogP contribution < -0.4 is 4.72 Å². The number of nitrogens with one attached hydrogen (secondary N) is 1. The van der Waals surface area contributed by atoms with Crippen LogP contribution in [0.3, 0.4) is 0 Å². The Labute approximate surface area is 109 Å². The van der Waals surface area contributed by atoms with Crippen LogP contribution in [0.25, 0.3) is 0 Å². The maximum absolute atomic E-state index is 13.0. The molecule has 0 aromatic heterocycles. The highest BCUT2D eigenvalue weighted by Gasteiger charge is 2.13. The van der Waals surface area contributed by atoms with Crippen LogP contribution in [0.2, 0.25) is 0 Å². The van der Waals surface area contributed by atoms with Gasteiger partial charge in [-0.1, -0.05) is 18.2 Å². The molecule has 3 nitrogen and oxygen atoms in total. The maximum atomic E-state index is 13.0. The summed E-state index contributed by atoms with van der Waals surface area (Å²) in [6, 6.07) is 10.7. The first-order valence-corrected chi connectivity index (χ1v) is 6.95. The third kappa shape index (κ3) is 3.59. The largest absolute Gasteiger partial charge is 0.240 e. The Kier molecular flexibility index (Phi) is 3.92. The molecule has 100 valence electrons. The van der Waals surface area contributed by atoms with E-state index in [-0.39, 0.29) is 17.0 Å². The van der Waals surface area contributed by atoms with Crippen molar-refractivity contribution < 1.29 is 17.2 Å². The molecule has 2 aromatic carbocycles. The standard InChI is InChI=1S/C13H11F2NO2S/c14-11-6-10(7-12(15)8-11)9-16-19(17,18)13-4-2-1-3-5-13/h1-8,16H,9H2. The highest BCUT2D eigenvalue weighted by Crippen LogP contribution is 2.11. The third-order valence-corrected chi connectivity index (χ3v) is 3.86. The quantitative estimate of drug-likeness (QED) is 0.936. The smallest absolute Gasteiger partial charge is 0.207 e. The van der Waals surface area contributed by atoms with Gasteiger partial charge in [0.15, 0.2) is 0 Å². The number of halogens is 2. The third-order valence-electron chi connectivity index (χ3n) is 2.44. The monoisotopic (exact) mass is 283 g/mol. The van der Waals surface area contributed by atoms with Gasteiger partial charge in [-0.25, -0.2) is 21.9 Å². The molecule has 0 amide bonds. The Balaban J connectivity index is 2.14. The van der Waals surface area contributed by atoms with Crippen LogP contribution in [0.5, 0.6) is 0 Å². The van der Waals surface area contributed by atoms with Gasteiger partial charge in [0, 0.05) is 12.6 Å². The first kappa shape index (κ1) is 13.6. The van der Waals surface area contributed by atoms with E-state index >= 15 is 0 Å². The van der Waals surface area contributed by atoms with Crippen LogP contribution in [-0.2, 0) is 16.6 Å². The van der Waals surface area contributed by atoms with E-state index in [4.69, 9.17) is 0 Å². The van der Waals surface area contributed by atoms with Crippen LogP contribution in [-0.4, -0.2) is 8.42 Å². The zero-order chi connectivity index (χ0) is 13.9. The summed E-state index contributed by atoms with van der Waals surface area (Å²) in [4.78, 5) is 0.104. The zero-order valence-electron chi connectivity index (χ0n) is 9.81. The Hall–Kier alpha value is -1.79. The van der Waals surface area contributed by atoms with E-state index in [0.29, 0.717) is 0 Å². The SMILES string of the molecule is O=S(=O)(NCc1cc(F)cc(F)c1)c1ccccc1. The minimum Gasteiger partial charge on any atom is -0.207 e. The maximum Gasteiger partial charge on any atom is 0.240 e. The fourth-order valence-electron chi connectivity index (χ4n) is 1.57. The minimum atomic E-state index is -3.68. The van der Waals surface area contributed by atoms with E-state index < -0.39 is 21.7 Å². The molecule has 0 aliphatic carbocycles. The fraction of sp³-hybridized carbons (Fsp3) is 0.0769. The normalized spacial score (nSPS) is 11.5. The van der Waals surface area contributed by atoms with Crippen molar-refractivity contribution in [3.63, 3.8) is 0 Å². The molecule has 0 aliphatic heterocycles. The molecule has 0 radical (unpaired) electrons. The van der Waals surface area contributed by atoms with Crippen molar-refractivity contribution in [3.05, 3.63) is 65.7 Å². The zero-order valence-corrected chi connectivity index (χ0v) is 10.6. The van der Waals surface area contributed by atoms with Crippen molar-refractivity contribution in [1.29, 1.82) is 0 Å². The Bertz CT molecular complexity index is 652. The Morgan fingerprint density at radius 3 is 2.11 bits per heavy atom. The molecule has 0 heterocycles. The van der Waals surface area contributed by atoms with Gasteiger partial charge in [-0.05, 0) is 29.8 Å². The van der Waals surface area contributed by atoms with Gasteiger partial charge in [0.1, 0.15) is 11.6 Å². The van der Waals surface area contributed by atoms with E-state index in [9.17, 15) is 17.2 Å². The highest BCUT2D eigenvalue weighted by atomic mass is 32.2. The molecule has 0 spiro atoms. The number of hydrogen-bond acceptors (Lipinski definition) is 2. The molecular weight excluding hydrogens is 272 g/mol. The lowest BCUT2D eigenvalue weighted by Gasteiger charge is -2.07. The van der Waals surface area contributed by atoms with Gasteiger partial charge in [-0.3, -0.25) is 0 Å². The molecule has 0 aliphatic rings. The molecule has 2 rings (SSSR count). The first-order valence-electron chi connectivity index (χ1n) is 5.47. The molecule has 0 saturated heterocycles. The average Bonchev–Trinajstić information content (AvgIpc) is 2.37. The number of benzene rings is 2. The van der Waals surface area contributed by atoms with Crippen molar-refractivity contribution in [3.8, 4) is 0 Å². The molecule has 0 bridgehead atoms. The van der Waals surface area contributed by atoms with Crippen molar-refractivity contribution in [1.82, 2.24) is 4.72 Å². The van der Waals surface area contributed by atoms with Crippen LogP contribution in [0, 0.1) is 11.6 Å². The van der Waals surface area contributed by atoms with Gasteiger partial charge in [0.2, 0.25) is 10.0 Å². The summed E-state index contributed by atoms with van der Waals surface area (Å²) < 4.78 is 51.9. The van der Waals surface area contributed by atoms with Gasteiger partial charge in [-0.2, -0.15) is 0 Å². The van der Waals surface area contributed by atoms with Crippen LogP contribution in [0.15, 0.2) is 53.4 Å². The molecule has 0 atom stereocenters. The van der Waals surface area contributed by atoms with Crippen LogP contribution in [0.1, 0.15) is 5.56 Å². The molecule has 0 fully saturated rings. The molecule has 0 unspecified atom stereocenters. The number of sulfonamides is 1. The molecule has 0 saturated carbocycles. The summed E-state index contributed by atoms with van der Waals surface area (Å²) in [6.45, 7) is -0.175. The summed E-state index contributed by atoms with van der Waals surface area (Å²) in [7, 11) is -3.68. The Morgan fingerprint density at radius 1 is 0.947 bits per heavy atom. The summed E-state index contributed by atoms with van der Waals surface area (Å²) in [5.74, 6) is -1.48. The lowest BCUT2D eigenvalue weighted by Crippen LogP contribution is -2.23. The minimum absolute atomic E-state index is 0.104. The van der Waals surface area contributed by atoms with Gasteiger partial charge in [-0.15, -0.1) is 0 Å². The van der Waals surface area contributed by atoms with E-state index in [1.54, 1.807) is 18.2 Å². The fourth-order valence-corrected chi connectivity index (χ4v) is 2.61. The topological polar surface area (TPSA) is 46.2 Å². The lowest BCUT2D eigenvalue weighted by atomic mass is 10.2. The van der Waals surface area contributed by atoms with Gasteiger partial charge < -0.3 is 0 Å². The molecule has 2 aromatic rings. The van der Waals surface area contributed by atoms with Crippen molar-refractivity contribution in [2.24, 2.45) is 0 Å². The van der Waals surface area contributed by atoms with E-state index in [1.165, 1.54) is 12.1 Å². The predicted octanol–water partition coefficient (Wildman–Crippen LogP) is 2.44. The van der Waals surface area contributed by atoms with E-state index in [1.807, 2.05) is 0 Å². The highest BCUT2D eigenvalue weighted by molar-refractivity contribution is 7.89. The summed E-state index contributed by atoms with van der Waals surface area (Å²) in [6.07, 6.45) is 0. The molecule has 6 heteroatoms.